The minimum atomic E-state index is -4.41. The topological polar surface area (TPSA) is 168 Å². The van der Waals surface area contributed by atoms with E-state index in [1.165, 1.54) is 28.8 Å². The van der Waals surface area contributed by atoms with Crippen molar-refractivity contribution in [2.45, 2.75) is 69.8 Å². The van der Waals surface area contributed by atoms with E-state index < -0.39 is 15.9 Å². The number of anilines is 1. The first kappa shape index (κ1) is 41.5. The minimum absolute atomic E-state index is 0.00488. The largest absolute Gasteiger partial charge is 0.476 e. The number of halogens is 2. The number of allylic oxidation sites excluding steroid dienone is 1. The van der Waals surface area contributed by atoms with Crippen molar-refractivity contribution in [2.24, 2.45) is 11.3 Å². The van der Waals surface area contributed by atoms with Crippen LogP contribution in [0, 0.1) is 11.3 Å². The smallest absolute Gasteiger partial charge is 0.268 e. The van der Waals surface area contributed by atoms with Gasteiger partial charge in [-0.2, -0.15) is 5.10 Å². The van der Waals surface area contributed by atoms with Crippen molar-refractivity contribution in [1.29, 1.82) is 0 Å². The number of hydrogen-bond acceptors (Lipinski definition) is 10. The van der Waals surface area contributed by atoms with Gasteiger partial charge in [0.2, 0.25) is 5.88 Å². The number of ether oxygens (including phenoxy) is 2. The van der Waals surface area contributed by atoms with Crippen molar-refractivity contribution in [3.8, 4) is 17.4 Å². The molecule has 0 spiro atoms. The summed E-state index contributed by atoms with van der Waals surface area (Å²) in [7, 11) is -4.41. The normalized spacial score (nSPS) is 18.2. The number of aromatic amines is 1. The summed E-state index contributed by atoms with van der Waals surface area (Å²) in [4.78, 5) is 17.6. The molecule has 2 aliphatic carbocycles. The molecular weight excluding hydrogens is 799 g/mol. The van der Waals surface area contributed by atoms with Crippen LogP contribution in [0.25, 0.3) is 16.5 Å². The zero-order chi connectivity index (χ0) is 40.9. The molecule has 0 atom stereocenters. The van der Waals surface area contributed by atoms with Crippen molar-refractivity contribution < 1.29 is 27.8 Å². The summed E-state index contributed by atoms with van der Waals surface area (Å²) in [6.07, 6.45) is 8.63. The number of carbonyl (C=O) groups excluding carboxylic acids is 1. The van der Waals surface area contributed by atoms with Gasteiger partial charge in [0.15, 0.2) is 0 Å². The van der Waals surface area contributed by atoms with Crippen LogP contribution in [0.3, 0.4) is 0 Å². The van der Waals surface area contributed by atoms with Gasteiger partial charge in [-0.3, -0.25) is 9.89 Å². The predicted octanol–water partition coefficient (Wildman–Crippen LogP) is 8.77. The highest BCUT2D eigenvalue weighted by Gasteiger charge is 2.28. The summed E-state index contributed by atoms with van der Waals surface area (Å²) in [5, 5.41) is 25.2. The number of pyridine rings is 1. The van der Waals surface area contributed by atoms with Crippen LogP contribution in [0.5, 0.6) is 17.4 Å². The van der Waals surface area contributed by atoms with Gasteiger partial charge in [-0.05, 0) is 110 Å². The van der Waals surface area contributed by atoms with Gasteiger partial charge in [0.1, 0.15) is 21.4 Å². The number of nitrogens with one attached hydrogen (secondary N) is 4. The van der Waals surface area contributed by atoms with Crippen molar-refractivity contribution in [3.05, 3.63) is 106 Å². The van der Waals surface area contributed by atoms with Crippen LogP contribution in [0.2, 0.25) is 10.0 Å². The van der Waals surface area contributed by atoms with E-state index in [0.717, 1.165) is 55.4 Å². The number of hydrogen-bond donors (Lipinski definition) is 5. The number of amides is 1. The Balaban J connectivity index is 1.03. The summed E-state index contributed by atoms with van der Waals surface area (Å²) in [6, 6.07) is 19.6. The molecule has 0 radical (unpaired) electrons. The molecule has 306 valence electrons. The fourth-order valence-corrected chi connectivity index (χ4v) is 8.82. The molecule has 5 aromatic rings. The van der Waals surface area contributed by atoms with Crippen LogP contribution >= 0.6 is 23.2 Å². The van der Waals surface area contributed by atoms with Crippen molar-refractivity contribution in [1.82, 2.24) is 25.2 Å². The lowest BCUT2D eigenvalue weighted by Gasteiger charge is -2.34. The van der Waals surface area contributed by atoms with Crippen LogP contribution in [0.1, 0.15) is 74.7 Å². The molecule has 12 nitrogen and oxygen atoms in total. The SMILES string of the molecule is CC1(C)CCC(CNCCNc2ccc(C(=O)NS(=O)(=O)c3cnc(OCC4CCC(O)CC4)c(Cl)c3)c(Oc3cccc4[nH]ncc34)c2)=C(c2ccc(Cl)cc2)C1. The maximum Gasteiger partial charge on any atom is 0.268 e. The summed E-state index contributed by atoms with van der Waals surface area (Å²) in [6.45, 7) is 6.97. The minimum Gasteiger partial charge on any atom is -0.476 e. The third-order valence-electron chi connectivity index (χ3n) is 10.8. The molecule has 2 aromatic heterocycles. The van der Waals surface area contributed by atoms with Crippen molar-refractivity contribution in [2.75, 3.05) is 31.6 Å². The summed E-state index contributed by atoms with van der Waals surface area (Å²) in [5.74, 6) is -0.00115. The molecule has 1 saturated carbocycles. The van der Waals surface area contributed by atoms with E-state index >= 15 is 0 Å². The maximum absolute atomic E-state index is 13.7. The summed E-state index contributed by atoms with van der Waals surface area (Å²) >= 11 is 12.6. The second-order valence-corrected chi connectivity index (χ2v) is 18.3. The molecule has 0 aliphatic heterocycles. The van der Waals surface area contributed by atoms with Gasteiger partial charge >= 0.3 is 0 Å². The average molecular weight is 848 g/mol. The van der Waals surface area contributed by atoms with E-state index in [-0.39, 0.29) is 44.5 Å². The Morgan fingerprint density at radius 2 is 1.78 bits per heavy atom. The molecule has 58 heavy (non-hydrogen) atoms. The third kappa shape index (κ3) is 10.3. The first-order valence-corrected chi connectivity index (χ1v) is 21.8. The summed E-state index contributed by atoms with van der Waals surface area (Å²) < 4.78 is 41.2. The van der Waals surface area contributed by atoms with Crippen LogP contribution in [-0.2, 0) is 10.0 Å². The second kappa shape index (κ2) is 18.1. The number of carbonyl (C=O) groups is 1. The molecule has 1 fully saturated rings. The molecule has 5 N–H and O–H groups in total. The van der Waals surface area contributed by atoms with E-state index in [4.69, 9.17) is 32.7 Å². The third-order valence-corrected chi connectivity index (χ3v) is 12.7. The number of H-pyrrole nitrogens is 1. The Morgan fingerprint density at radius 1 is 0.983 bits per heavy atom. The zero-order valence-electron chi connectivity index (χ0n) is 32.5. The monoisotopic (exact) mass is 846 g/mol. The highest BCUT2D eigenvalue weighted by atomic mass is 35.5. The molecule has 15 heteroatoms. The first-order chi connectivity index (χ1) is 27.8. The Labute approximate surface area is 348 Å². The van der Waals surface area contributed by atoms with Gasteiger partial charge in [0, 0.05) is 36.4 Å². The van der Waals surface area contributed by atoms with Crippen molar-refractivity contribution in [3.63, 3.8) is 0 Å². The second-order valence-electron chi connectivity index (χ2n) is 15.8. The molecule has 2 heterocycles. The fraction of sp³-hybridized carbons (Fsp3) is 0.372. The molecule has 0 unspecified atom stereocenters. The van der Waals surface area contributed by atoms with Crippen LogP contribution in [0.4, 0.5) is 5.69 Å². The molecular formula is C43H48Cl2N6O6S. The van der Waals surface area contributed by atoms with Crippen LogP contribution in [0.15, 0.2) is 89.6 Å². The van der Waals surface area contributed by atoms with E-state index in [1.807, 2.05) is 18.2 Å². The molecule has 2 aliphatic rings. The van der Waals surface area contributed by atoms with Crippen LogP contribution < -0.4 is 24.8 Å². The lowest BCUT2D eigenvalue weighted by molar-refractivity contribution is 0.0908. The number of sulfonamides is 1. The number of fused-ring (bicyclic) bond motifs is 1. The Morgan fingerprint density at radius 3 is 2.55 bits per heavy atom. The predicted molar refractivity (Wildman–Crippen MR) is 227 cm³/mol. The van der Waals surface area contributed by atoms with E-state index in [0.29, 0.717) is 49.4 Å². The fourth-order valence-electron chi connectivity index (χ4n) is 7.48. The van der Waals surface area contributed by atoms with Gasteiger partial charge in [-0.15, -0.1) is 0 Å². The Bertz CT molecular complexity index is 2390. The highest BCUT2D eigenvalue weighted by Crippen LogP contribution is 2.43. The molecule has 0 saturated heterocycles. The first-order valence-electron chi connectivity index (χ1n) is 19.5. The average Bonchev–Trinajstić information content (AvgIpc) is 3.69. The zero-order valence-corrected chi connectivity index (χ0v) is 34.8. The standard InChI is InChI=1S/C43H48Cl2N6O6S/c1-43(2)17-16-29(35(22-43)28-8-10-30(44)11-9-28)23-46-18-19-47-31-12-15-34(40(20-31)57-39-5-3-4-38-36(39)25-49-50-38)41(53)51-58(54,55)33-21-37(45)42(48-24-33)56-26-27-6-13-32(52)14-7-27/h3-5,8-12,15,20-21,24-25,27,32,46-47,52H,6-7,13-14,16-19,22-23,26H2,1-2H3,(H,49,50)(H,51,53). The lowest BCUT2D eigenvalue weighted by Crippen LogP contribution is -2.31. The van der Waals surface area contributed by atoms with Gasteiger partial charge < -0.3 is 25.2 Å². The Hall–Kier alpha value is -4.66. The molecule has 3 aromatic carbocycles. The van der Waals surface area contributed by atoms with Crippen LogP contribution in [-0.4, -0.2) is 67.0 Å². The van der Waals surface area contributed by atoms with Gasteiger partial charge in [-0.1, -0.05) is 60.8 Å². The number of rotatable bonds is 15. The van der Waals surface area contributed by atoms with Crippen molar-refractivity contribution >= 4 is 61.3 Å². The molecule has 0 bridgehead atoms. The Kier molecular flexibility index (Phi) is 12.9. The van der Waals surface area contributed by atoms with E-state index in [1.54, 1.807) is 30.5 Å². The number of aliphatic hydroxyl groups excluding tert-OH is 1. The quantitative estimate of drug-likeness (QED) is 0.0643. The maximum atomic E-state index is 13.7. The molecule has 7 rings (SSSR count). The van der Waals surface area contributed by atoms with E-state index in [2.05, 4.69) is 56.5 Å². The number of aromatic nitrogens is 3. The van der Waals surface area contributed by atoms with E-state index in [9.17, 15) is 18.3 Å². The van der Waals surface area contributed by atoms with Gasteiger partial charge in [0.25, 0.3) is 15.9 Å². The highest BCUT2D eigenvalue weighted by molar-refractivity contribution is 7.90. The molecule has 1 amide bonds. The lowest BCUT2D eigenvalue weighted by atomic mass is 9.72. The number of nitrogens with zero attached hydrogens (tertiary/aromatic N) is 2. The van der Waals surface area contributed by atoms with Gasteiger partial charge in [0.05, 0.1) is 41.6 Å². The summed E-state index contributed by atoms with van der Waals surface area (Å²) in [5.41, 5.74) is 5.60. The number of aliphatic hydroxyl groups is 1. The van der Waals surface area contributed by atoms with Gasteiger partial charge in [-0.25, -0.2) is 18.1 Å². The number of benzene rings is 3.